The second-order valence-corrected chi connectivity index (χ2v) is 3.36. The Morgan fingerprint density at radius 1 is 1.00 bits per heavy atom. The number of hydrogen-bond acceptors (Lipinski definition) is 1. The summed E-state index contributed by atoms with van der Waals surface area (Å²) in [5.74, 6) is 0. The zero-order chi connectivity index (χ0) is 11.4. The number of rotatable bonds is 0. The molecule has 80 valence electrons. The van der Waals surface area contributed by atoms with Gasteiger partial charge in [0.05, 0.1) is 0 Å². The van der Waals surface area contributed by atoms with Crippen LogP contribution in [-0.2, 0) is 0 Å². The highest BCUT2D eigenvalue weighted by atomic mass is 32.1. The van der Waals surface area contributed by atoms with E-state index >= 15 is 0 Å². The molecule has 14 heavy (non-hydrogen) atoms. The quantitative estimate of drug-likeness (QED) is 0.385. The van der Waals surface area contributed by atoms with E-state index in [0.29, 0.717) is 0 Å². The van der Waals surface area contributed by atoms with Crippen LogP contribution in [0.4, 0.5) is 17.3 Å². The molecule has 0 bridgehead atoms. The molecule has 1 aromatic rings. The topological polar surface area (TPSA) is 0 Å². The van der Waals surface area contributed by atoms with Gasteiger partial charge in [0.15, 0.2) is 0 Å². The van der Waals surface area contributed by atoms with Gasteiger partial charge in [-0.05, 0) is 37.1 Å². The first-order valence-corrected chi connectivity index (χ1v) is 4.28. The summed E-state index contributed by atoms with van der Waals surface area (Å²) in [6, 6.07) is 6.24. The van der Waals surface area contributed by atoms with Gasteiger partial charge in [0.1, 0.15) is 0 Å². The third-order valence-electron chi connectivity index (χ3n) is 1.21. The van der Waals surface area contributed by atoms with Crippen LogP contribution in [0.1, 0.15) is 12.6 Å². The minimum atomic E-state index is -6.00. The van der Waals surface area contributed by atoms with Gasteiger partial charge in [-0.15, -0.1) is 12.6 Å². The van der Waals surface area contributed by atoms with E-state index < -0.39 is 7.25 Å². The molecule has 0 heterocycles. The van der Waals surface area contributed by atoms with Crippen molar-refractivity contribution < 1.29 is 18.7 Å². The molecule has 0 aliphatic carbocycles. The van der Waals surface area contributed by atoms with Gasteiger partial charge in [-0.1, -0.05) is 6.07 Å². The van der Waals surface area contributed by atoms with E-state index in [0.717, 1.165) is 4.90 Å². The van der Waals surface area contributed by atoms with Gasteiger partial charge in [0.2, 0.25) is 0 Å². The summed E-state index contributed by atoms with van der Waals surface area (Å²) in [5.41, 5.74) is 2.56. The van der Waals surface area contributed by atoms with E-state index in [-0.39, 0.29) is 1.43 Å². The molecule has 1 aromatic carbocycles. The zero-order valence-electron chi connectivity index (χ0n) is 8.77. The van der Waals surface area contributed by atoms with Gasteiger partial charge in [-0.3, -0.25) is 0 Å². The highest BCUT2D eigenvalue weighted by Gasteiger charge is 2.20. The standard InChI is InChI=1S/C8H10S.BF4/c1-6-3-7(2)5-8(9)4-6;2-1(3,4)5/h3-5,9H,1-2H3;/q;-1/p+1. The van der Waals surface area contributed by atoms with E-state index in [1.165, 1.54) is 11.1 Å². The third kappa shape index (κ3) is 9.44. The van der Waals surface area contributed by atoms with Crippen molar-refractivity contribution in [3.63, 3.8) is 0 Å². The van der Waals surface area contributed by atoms with Gasteiger partial charge in [0.25, 0.3) is 0 Å². The Morgan fingerprint density at radius 2 is 1.29 bits per heavy atom. The molecule has 0 fully saturated rings. The lowest BCUT2D eigenvalue weighted by Crippen LogP contribution is -2.02. The first kappa shape index (κ1) is 13.4. The van der Waals surface area contributed by atoms with Crippen molar-refractivity contribution in [2.45, 2.75) is 18.7 Å². The molecular weight excluding hydrogens is 215 g/mol. The van der Waals surface area contributed by atoms with E-state index in [9.17, 15) is 17.3 Å². The molecule has 1 rings (SSSR count). The third-order valence-corrected chi connectivity index (χ3v) is 1.46. The Balaban J connectivity index is 0. The van der Waals surface area contributed by atoms with Crippen molar-refractivity contribution in [3.8, 4) is 0 Å². The Kier molecular flexibility index (Phi) is 5.05. The van der Waals surface area contributed by atoms with Gasteiger partial charge in [-0.2, -0.15) is 0 Å². The second kappa shape index (κ2) is 5.29. The lowest BCUT2D eigenvalue weighted by atomic mass is 10.2. The first-order valence-electron chi connectivity index (χ1n) is 3.83. The van der Waals surface area contributed by atoms with E-state index in [1.54, 1.807) is 0 Å². The summed E-state index contributed by atoms with van der Waals surface area (Å²) in [6.07, 6.45) is 0. The Labute approximate surface area is 87.3 Å². The van der Waals surface area contributed by atoms with Crippen molar-refractivity contribution >= 4 is 19.9 Å². The second-order valence-electron chi connectivity index (χ2n) is 2.84. The van der Waals surface area contributed by atoms with Crippen LogP contribution in [0.15, 0.2) is 23.1 Å². The van der Waals surface area contributed by atoms with Crippen molar-refractivity contribution in [2.24, 2.45) is 0 Å². The Hall–Kier alpha value is -0.645. The van der Waals surface area contributed by atoms with Crippen LogP contribution in [0.3, 0.4) is 0 Å². The lowest BCUT2D eigenvalue weighted by molar-refractivity contribution is 0.368. The van der Waals surface area contributed by atoms with Gasteiger partial charge in [0, 0.05) is 4.90 Å². The molecule has 0 spiro atoms. The SMILES string of the molecule is Cc1cc(C)cc(S)c1.F[B-](F)(F)F.[H+]. The van der Waals surface area contributed by atoms with E-state index in [1.807, 2.05) is 0 Å². The zero-order valence-corrected chi connectivity index (χ0v) is 8.66. The molecule has 0 unspecified atom stereocenters. The van der Waals surface area contributed by atoms with Crippen LogP contribution in [0.5, 0.6) is 0 Å². The van der Waals surface area contributed by atoms with Crippen LogP contribution in [0.25, 0.3) is 0 Å². The fraction of sp³-hybridized carbons (Fsp3) is 0.250. The molecule has 0 atom stereocenters. The molecule has 0 nitrogen and oxygen atoms in total. The summed E-state index contributed by atoms with van der Waals surface area (Å²) in [5, 5.41) is 0. The summed E-state index contributed by atoms with van der Waals surface area (Å²) in [4.78, 5) is 1.05. The monoisotopic (exact) mass is 226 g/mol. The van der Waals surface area contributed by atoms with Gasteiger partial charge in [-0.25, -0.2) is 0 Å². The van der Waals surface area contributed by atoms with Crippen molar-refractivity contribution in [1.29, 1.82) is 0 Å². The molecule has 0 radical (unpaired) electrons. The number of hydrogen-bond donors (Lipinski definition) is 1. The number of aryl methyl sites for hydroxylation is 2. The number of thiol groups is 1. The smallest absolute Gasteiger partial charge is 0.418 e. The van der Waals surface area contributed by atoms with Crippen LogP contribution in [0, 0.1) is 13.8 Å². The molecule has 0 N–H and O–H groups in total. The minimum Gasteiger partial charge on any atom is -0.418 e. The molecule has 0 amide bonds. The predicted molar refractivity (Wildman–Crippen MR) is 54.5 cm³/mol. The number of halogens is 4. The van der Waals surface area contributed by atoms with Crippen molar-refractivity contribution in [1.82, 2.24) is 0 Å². The average molecular weight is 226 g/mol. The highest BCUT2D eigenvalue weighted by molar-refractivity contribution is 7.80. The summed E-state index contributed by atoms with van der Waals surface area (Å²) < 4.78 is 39.0. The van der Waals surface area contributed by atoms with Crippen LogP contribution < -0.4 is 0 Å². The van der Waals surface area contributed by atoms with Crippen LogP contribution in [0.2, 0.25) is 0 Å². The molecule has 0 saturated carbocycles. The molecule has 0 aliphatic heterocycles. The Bertz CT molecular complexity index is 247. The summed E-state index contributed by atoms with van der Waals surface area (Å²) in [6.45, 7) is 4.15. The lowest BCUT2D eigenvalue weighted by Gasteiger charge is -1.96. The number of benzene rings is 1. The highest BCUT2D eigenvalue weighted by Crippen LogP contribution is 2.11. The van der Waals surface area contributed by atoms with E-state index in [2.05, 4.69) is 44.7 Å². The average Bonchev–Trinajstić information content (AvgIpc) is 1.77. The minimum absolute atomic E-state index is 0. The van der Waals surface area contributed by atoms with Crippen LogP contribution >= 0.6 is 12.6 Å². The van der Waals surface area contributed by atoms with E-state index in [4.69, 9.17) is 0 Å². The normalized spacial score (nSPS) is 10.5. The summed E-state index contributed by atoms with van der Waals surface area (Å²) >= 11 is 4.22. The predicted octanol–water partition coefficient (Wildman–Crippen LogP) is 4.00. The van der Waals surface area contributed by atoms with Gasteiger partial charge < -0.3 is 17.3 Å². The maximum absolute atomic E-state index is 9.75. The molecular formula is C8H11BF4S. The van der Waals surface area contributed by atoms with Crippen LogP contribution in [-0.4, -0.2) is 7.25 Å². The molecule has 0 aromatic heterocycles. The summed E-state index contributed by atoms with van der Waals surface area (Å²) in [7, 11) is -6.00. The molecule has 0 aliphatic rings. The molecule has 0 saturated heterocycles. The fourth-order valence-electron chi connectivity index (χ4n) is 0.951. The van der Waals surface area contributed by atoms with Crippen molar-refractivity contribution in [2.75, 3.05) is 0 Å². The maximum Gasteiger partial charge on any atom is 1.00 e. The van der Waals surface area contributed by atoms with Crippen molar-refractivity contribution in [3.05, 3.63) is 29.3 Å². The Morgan fingerprint density at radius 3 is 1.50 bits per heavy atom. The fourth-order valence-corrected chi connectivity index (χ4v) is 1.36. The maximum atomic E-state index is 9.75. The first-order chi connectivity index (χ1) is 6.18. The largest absolute Gasteiger partial charge is 1.00 e. The molecule has 6 heteroatoms. The van der Waals surface area contributed by atoms with Gasteiger partial charge >= 0.3 is 8.68 Å².